The normalized spacial score (nSPS) is 14.5. The van der Waals surface area contributed by atoms with E-state index in [0.29, 0.717) is 4.57 Å². The molecule has 0 aromatic carbocycles. The van der Waals surface area contributed by atoms with Gasteiger partial charge < -0.3 is 0 Å². The summed E-state index contributed by atoms with van der Waals surface area (Å²) in [6.45, 7) is -0.391. The molecule has 1 aromatic heterocycles. The molecule has 8 nitrogen and oxygen atoms in total. The molecule has 8 heteroatoms. The number of nitro groups is 1. The Hall–Kier alpha value is -2.25. The van der Waals surface area contributed by atoms with E-state index in [1.165, 1.54) is 7.05 Å². The second-order valence-electron chi connectivity index (χ2n) is 4.30. The molecule has 1 saturated carbocycles. The van der Waals surface area contributed by atoms with Gasteiger partial charge in [-0.2, -0.15) is 0 Å². The van der Waals surface area contributed by atoms with Gasteiger partial charge in [-0.3, -0.25) is 24.3 Å². The number of hydrogen-bond acceptors (Lipinski definition) is 5. The molecule has 1 aromatic rings. The molecular formula is C10H11N3O5. The largest absolute Gasteiger partial charge is 0.350 e. The van der Waals surface area contributed by atoms with Crippen molar-refractivity contribution in [1.29, 1.82) is 0 Å². The molecule has 1 fully saturated rings. The SMILES string of the molecule is Cn1cc([N+](=O)[O-])c(=O)n(CC(=O)C2CC2)c1=O. The molecule has 0 atom stereocenters. The highest BCUT2D eigenvalue weighted by Crippen LogP contribution is 2.29. The monoisotopic (exact) mass is 253 g/mol. The van der Waals surface area contributed by atoms with Crippen molar-refractivity contribution in [3.05, 3.63) is 37.1 Å². The van der Waals surface area contributed by atoms with Crippen molar-refractivity contribution in [1.82, 2.24) is 9.13 Å². The van der Waals surface area contributed by atoms with Crippen molar-refractivity contribution < 1.29 is 9.72 Å². The number of nitrogens with zero attached hydrogens (tertiary/aromatic N) is 3. The average Bonchev–Trinajstić information content (AvgIpc) is 3.12. The van der Waals surface area contributed by atoms with Gasteiger partial charge in [0.05, 0.1) is 17.7 Å². The van der Waals surface area contributed by atoms with Crippen LogP contribution >= 0.6 is 0 Å². The zero-order valence-electron chi connectivity index (χ0n) is 9.66. The number of ketones is 1. The molecule has 0 aliphatic heterocycles. The first-order valence-corrected chi connectivity index (χ1v) is 5.39. The van der Waals surface area contributed by atoms with Crippen molar-refractivity contribution in [2.75, 3.05) is 0 Å². The van der Waals surface area contributed by atoms with Gasteiger partial charge in [0, 0.05) is 13.0 Å². The Balaban J connectivity index is 2.50. The maximum atomic E-state index is 11.7. The minimum Gasteiger partial charge on any atom is -0.297 e. The lowest BCUT2D eigenvalue weighted by molar-refractivity contribution is -0.387. The van der Waals surface area contributed by atoms with Crippen LogP contribution in [0.15, 0.2) is 15.8 Å². The van der Waals surface area contributed by atoms with Gasteiger partial charge in [0.2, 0.25) is 0 Å². The van der Waals surface area contributed by atoms with Crippen molar-refractivity contribution in [2.24, 2.45) is 13.0 Å². The molecular weight excluding hydrogens is 242 g/mol. The van der Waals surface area contributed by atoms with Gasteiger partial charge in [-0.05, 0) is 12.8 Å². The summed E-state index contributed by atoms with van der Waals surface area (Å²) in [6.07, 6.45) is 2.37. The van der Waals surface area contributed by atoms with Crippen LogP contribution in [0.2, 0.25) is 0 Å². The summed E-state index contributed by atoms with van der Waals surface area (Å²) in [5.74, 6) is -0.337. The standard InChI is InChI=1S/C10H11N3O5/c1-11-4-7(13(17)18)9(15)12(10(11)16)5-8(14)6-2-3-6/h4,6H,2-3,5H2,1H3. The van der Waals surface area contributed by atoms with Gasteiger partial charge in [0.25, 0.3) is 0 Å². The second-order valence-corrected chi connectivity index (χ2v) is 4.30. The summed E-state index contributed by atoms with van der Waals surface area (Å²) in [4.78, 5) is 44.8. The second kappa shape index (κ2) is 4.21. The third kappa shape index (κ3) is 2.08. The zero-order chi connectivity index (χ0) is 13.4. The summed E-state index contributed by atoms with van der Waals surface area (Å²) in [7, 11) is 1.30. The Morgan fingerprint density at radius 3 is 2.61 bits per heavy atom. The van der Waals surface area contributed by atoms with E-state index < -0.39 is 28.4 Å². The molecule has 0 radical (unpaired) electrons. The predicted molar refractivity (Wildman–Crippen MR) is 60.3 cm³/mol. The van der Waals surface area contributed by atoms with Crippen LogP contribution in [-0.4, -0.2) is 19.8 Å². The maximum Gasteiger partial charge on any atom is 0.350 e. The molecule has 0 saturated heterocycles. The zero-order valence-corrected chi connectivity index (χ0v) is 9.66. The average molecular weight is 253 g/mol. The van der Waals surface area contributed by atoms with Crippen LogP contribution in [0.5, 0.6) is 0 Å². The topological polar surface area (TPSA) is 104 Å². The van der Waals surface area contributed by atoms with Crippen molar-refractivity contribution in [2.45, 2.75) is 19.4 Å². The molecule has 0 spiro atoms. The smallest absolute Gasteiger partial charge is 0.297 e. The molecule has 96 valence electrons. The molecule has 18 heavy (non-hydrogen) atoms. The van der Waals surface area contributed by atoms with Crippen LogP contribution < -0.4 is 11.2 Å². The van der Waals surface area contributed by atoms with Gasteiger partial charge >= 0.3 is 16.9 Å². The predicted octanol–water partition coefficient (Wildman–Crippen LogP) is -0.566. The molecule has 0 unspecified atom stereocenters. The summed E-state index contributed by atoms with van der Waals surface area (Å²) >= 11 is 0. The Kier molecular flexibility index (Phi) is 2.85. The number of rotatable bonds is 4. The number of hydrogen-bond donors (Lipinski definition) is 0. The highest BCUT2D eigenvalue weighted by Gasteiger charge is 2.31. The maximum absolute atomic E-state index is 11.7. The molecule has 0 bridgehead atoms. The summed E-state index contributed by atoms with van der Waals surface area (Å²) in [6, 6.07) is 0. The number of aryl methyl sites for hydroxylation is 1. The first-order chi connectivity index (χ1) is 8.41. The van der Waals surface area contributed by atoms with Crippen LogP contribution in [0.1, 0.15) is 12.8 Å². The van der Waals surface area contributed by atoms with Crippen molar-refractivity contribution in [3.63, 3.8) is 0 Å². The van der Waals surface area contributed by atoms with Gasteiger partial charge in [-0.15, -0.1) is 0 Å². The lowest BCUT2D eigenvalue weighted by Gasteiger charge is -2.05. The first-order valence-electron chi connectivity index (χ1n) is 5.39. The summed E-state index contributed by atoms with van der Waals surface area (Å²) in [5.41, 5.74) is -2.46. The van der Waals surface area contributed by atoms with E-state index in [4.69, 9.17) is 0 Å². The Bertz CT molecular complexity index is 638. The Morgan fingerprint density at radius 2 is 2.11 bits per heavy atom. The molecule has 0 N–H and O–H groups in total. The van der Waals surface area contributed by atoms with Gasteiger partial charge in [0.15, 0.2) is 5.78 Å². The Labute approximate surface area is 101 Å². The highest BCUT2D eigenvalue weighted by molar-refractivity contribution is 5.82. The number of Topliss-reactive ketones (excluding diaryl/α,β-unsaturated/α-hetero) is 1. The molecule has 0 amide bonds. The molecule has 1 aliphatic carbocycles. The third-order valence-electron chi connectivity index (χ3n) is 2.86. The highest BCUT2D eigenvalue weighted by atomic mass is 16.6. The van der Waals surface area contributed by atoms with E-state index in [1.54, 1.807) is 0 Å². The number of aromatic nitrogens is 2. The fourth-order valence-corrected chi connectivity index (χ4v) is 1.66. The van der Waals surface area contributed by atoms with E-state index in [9.17, 15) is 24.5 Å². The van der Waals surface area contributed by atoms with Crippen LogP contribution in [-0.2, 0) is 18.4 Å². The van der Waals surface area contributed by atoms with Crippen LogP contribution in [0.25, 0.3) is 0 Å². The summed E-state index contributed by atoms with van der Waals surface area (Å²) in [5, 5.41) is 10.7. The first kappa shape index (κ1) is 12.2. The molecule has 2 rings (SSSR count). The fraction of sp³-hybridized carbons (Fsp3) is 0.500. The minimum absolute atomic E-state index is 0.110. The minimum atomic E-state index is -1.03. The fourth-order valence-electron chi connectivity index (χ4n) is 1.66. The van der Waals surface area contributed by atoms with Gasteiger partial charge in [-0.25, -0.2) is 9.36 Å². The molecule has 1 aliphatic rings. The van der Waals surface area contributed by atoms with Crippen molar-refractivity contribution >= 4 is 11.5 Å². The van der Waals surface area contributed by atoms with Gasteiger partial charge in [-0.1, -0.05) is 0 Å². The van der Waals surface area contributed by atoms with E-state index in [2.05, 4.69) is 0 Å². The van der Waals surface area contributed by atoms with Crippen LogP contribution in [0, 0.1) is 16.0 Å². The van der Waals surface area contributed by atoms with E-state index in [-0.39, 0.29) is 11.7 Å². The van der Waals surface area contributed by atoms with E-state index >= 15 is 0 Å². The van der Waals surface area contributed by atoms with E-state index in [0.717, 1.165) is 23.6 Å². The third-order valence-corrected chi connectivity index (χ3v) is 2.86. The van der Waals surface area contributed by atoms with Crippen LogP contribution in [0.3, 0.4) is 0 Å². The summed E-state index contributed by atoms with van der Waals surface area (Å²) < 4.78 is 1.55. The quantitative estimate of drug-likeness (QED) is 0.528. The number of carbonyl (C=O) groups is 1. The Morgan fingerprint density at radius 1 is 1.50 bits per heavy atom. The van der Waals surface area contributed by atoms with E-state index in [1.807, 2.05) is 0 Å². The lowest BCUT2D eigenvalue weighted by Crippen LogP contribution is -2.41. The lowest BCUT2D eigenvalue weighted by atomic mass is 10.2. The van der Waals surface area contributed by atoms with Crippen molar-refractivity contribution in [3.8, 4) is 0 Å². The number of carbonyl (C=O) groups excluding carboxylic acids is 1. The van der Waals surface area contributed by atoms with Crippen LogP contribution in [0.4, 0.5) is 5.69 Å². The molecule has 1 heterocycles. The van der Waals surface area contributed by atoms with Gasteiger partial charge in [0.1, 0.15) is 0 Å².